The lowest BCUT2D eigenvalue weighted by atomic mass is 9.73. The first-order valence-corrected chi connectivity index (χ1v) is 6.92. The fourth-order valence-corrected chi connectivity index (χ4v) is 2.66. The standard InChI is InChI=1S/C17H19NO2/c1-2-20-16-5-3-4-14(10-16)17(11-19-12-17)13-6-8-15(18)9-7-13/h3-10H,2,11-12,18H2,1H3. The zero-order chi connectivity index (χ0) is 14.0. The van der Waals surface area contributed by atoms with Crippen LogP contribution in [0.4, 0.5) is 5.69 Å². The molecule has 2 aromatic rings. The number of nitrogens with two attached hydrogens (primary N) is 1. The van der Waals surface area contributed by atoms with Gasteiger partial charge in [0.05, 0.1) is 25.2 Å². The van der Waals surface area contributed by atoms with Crippen molar-refractivity contribution >= 4 is 5.69 Å². The Hall–Kier alpha value is -2.00. The summed E-state index contributed by atoms with van der Waals surface area (Å²) in [5, 5.41) is 0. The van der Waals surface area contributed by atoms with Crippen LogP contribution in [0.5, 0.6) is 5.75 Å². The minimum atomic E-state index is -0.0686. The second kappa shape index (κ2) is 5.17. The fraction of sp³-hybridized carbons (Fsp3) is 0.294. The minimum absolute atomic E-state index is 0.0686. The van der Waals surface area contributed by atoms with E-state index >= 15 is 0 Å². The molecule has 2 aromatic carbocycles. The first-order chi connectivity index (χ1) is 9.74. The third-order valence-electron chi connectivity index (χ3n) is 3.86. The Labute approximate surface area is 119 Å². The molecule has 1 aliphatic heterocycles. The number of benzene rings is 2. The topological polar surface area (TPSA) is 44.5 Å². The van der Waals surface area contributed by atoms with E-state index in [4.69, 9.17) is 15.2 Å². The molecule has 0 aliphatic carbocycles. The van der Waals surface area contributed by atoms with Crippen molar-refractivity contribution < 1.29 is 9.47 Å². The molecule has 1 fully saturated rings. The Kier molecular flexibility index (Phi) is 3.36. The molecule has 0 amide bonds. The maximum absolute atomic E-state index is 5.78. The van der Waals surface area contributed by atoms with E-state index in [0.717, 1.165) is 11.4 Å². The van der Waals surface area contributed by atoms with Gasteiger partial charge in [-0.05, 0) is 42.3 Å². The highest BCUT2D eigenvalue weighted by atomic mass is 16.5. The van der Waals surface area contributed by atoms with Crippen LogP contribution in [-0.4, -0.2) is 19.8 Å². The molecule has 0 atom stereocenters. The van der Waals surface area contributed by atoms with Crippen LogP contribution in [0.3, 0.4) is 0 Å². The van der Waals surface area contributed by atoms with Gasteiger partial charge in [0.15, 0.2) is 0 Å². The summed E-state index contributed by atoms with van der Waals surface area (Å²) in [7, 11) is 0. The fourth-order valence-electron chi connectivity index (χ4n) is 2.66. The molecule has 20 heavy (non-hydrogen) atoms. The molecule has 0 saturated carbocycles. The van der Waals surface area contributed by atoms with Gasteiger partial charge in [0.1, 0.15) is 5.75 Å². The Balaban J connectivity index is 2.00. The Morgan fingerprint density at radius 3 is 2.45 bits per heavy atom. The van der Waals surface area contributed by atoms with E-state index in [-0.39, 0.29) is 5.41 Å². The van der Waals surface area contributed by atoms with Crippen LogP contribution in [0.25, 0.3) is 0 Å². The van der Waals surface area contributed by atoms with Gasteiger partial charge in [-0.25, -0.2) is 0 Å². The third kappa shape index (κ3) is 2.14. The Morgan fingerprint density at radius 1 is 1.10 bits per heavy atom. The lowest BCUT2D eigenvalue weighted by molar-refractivity contribution is -0.0380. The Bertz CT molecular complexity index is 588. The van der Waals surface area contributed by atoms with E-state index in [0.29, 0.717) is 19.8 Å². The lowest BCUT2D eigenvalue weighted by Gasteiger charge is -2.42. The molecule has 0 aromatic heterocycles. The summed E-state index contributed by atoms with van der Waals surface area (Å²) in [5.74, 6) is 0.909. The van der Waals surface area contributed by atoms with Crippen LogP contribution in [0.1, 0.15) is 18.1 Å². The maximum Gasteiger partial charge on any atom is 0.119 e. The molecule has 1 heterocycles. The van der Waals surface area contributed by atoms with Gasteiger partial charge in [-0.2, -0.15) is 0 Å². The minimum Gasteiger partial charge on any atom is -0.494 e. The second-order valence-corrected chi connectivity index (χ2v) is 5.16. The van der Waals surface area contributed by atoms with Crippen molar-refractivity contribution in [3.63, 3.8) is 0 Å². The SMILES string of the molecule is CCOc1cccc(C2(c3ccc(N)cc3)COC2)c1. The van der Waals surface area contributed by atoms with Crippen molar-refractivity contribution in [3.8, 4) is 5.75 Å². The molecule has 1 saturated heterocycles. The molecule has 3 rings (SSSR count). The van der Waals surface area contributed by atoms with Gasteiger partial charge >= 0.3 is 0 Å². The average molecular weight is 269 g/mol. The molecule has 0 bridgehead atoms. The summed E-state index contributed by atoms with van der Waals surface area (Å²) in [4.78, 5) is 0. The van der Waals surface area contributed by atoms with E-state index in [1.807, 2.05) is 31.2 Å². The van der Waals surface area contributed by atoms with E-state index in [1.165, 1.54) is 11.1 Å². The van der Waals surface area contributed by atoms with Gasteiger partial charge in [0.25, 0.3) is 0 Å². The van der Waals surface area contributed by atoms with Crippen LogP contribution < -0.4 is 10.5 Å². The van der Waals surface area contributed by atoms with E-state index in [2.05, 4.69) is 24.3 Å². The van der Waals surface area contributed by atoms with Crippen LogP contribution in [-0.2, 0) is 10.2 Å². The summed E-state index contributed by atoms with van der Waals surface area (Å²) in [6.45, 7) is 4.07. The van der Waals surface area contributed by atoms with Gasteiger partial charge in [-0.1, -0.05) is 24.3 Å². The summed E-state index contributed by atoms with van der Waals surface area (Å²) in [6, 6.07) is 16.4. The van der Waals surface area contributed by atoms with Gasteiger partial charge < -0.3 is 15.2 Å². The van der Waals surface area contributed by atoms with Crippen molar-refractivity contribution in [2.75, 3.05) is 25.6 Å². The third-order valence-corrected chi connectivity index (χ3v) is 3.86. The van der Waals surface area contributed by atoms with Gasteiger partial charge in [-0.15, -0.1) is 0 Å². The molecule has 1 aliphatic rings. The molecule has 104 valence electrons. The molecule has 3 heteroatoms. The van der Waals surface area contributed by atoms with Crippen molar-refractivity contribution in [2.24, 2.45) is 0 Å². The van der Waals surface area contributed by atoms with Crippen molar-refractivity contribution in [3.05, 3.63) is 59.7 Å². The van der Waals surface area contributed by atoms with Crippen molar-refractivity contribution in [1.29, 1.82) is 0 Å². The zero-order valence-electron chi connectivity index (χ0n) is 11.6. The van der Waals surface area contributed by atoms with Crippen molar-refractivity contribution in [1.82, 2.24) is 0 Å². The first kappa shape index (κ1) is 13.0. The number of hydrogen-bond acceptors (Lipinski definition) is 3. The summed E-state index contributed by atoms with van der Waals surface area (Å²) in [6.07, 6.45) is 0. The van der Waals surface area contributed by atoms with Crippen molar-refractivity contribution in [2.45, 2.75) is 12.3 Å². The van der Waals surface area contributed by atoms with Crippen LogP contribution in [0.2, 0.25) is 0 Å². The first-order valence-electron chi connectivity index (χ1n) is 6.92. The average Bonchev–Trinajstić information content (AvgIpc) is 2.41. The lowest BCUT2D eigenvalue weighted by Crippen LogP contribution is -2.47. The number of nitrogen functional groups attached to an aromatic ring is 1. The number of hydrogen-bond donors (Lipinski definition) is 1. The number of anilines is 1. The maximum atomic E-state index is 5.78. The summed E-state index contributed by atoms with van der Waals surface area (Å²) in [5.41, 5.74) is 8.97. The predicted molar refractivity (Wildman–Crippen MR) is 80.1 cm³/mol. The normalized spacial score (nSPS) is 16.4. The summed E-state index contributed by atoms with van der Waals surface area (Å²) < 4.78 is 11.1. The largest absolute Gasteiger partial charge is 0.494 e. The van der Waals surface area contributed by atoms with Gasteiger partial charge in [0, 0.05) is 5.69 Å². The number of rotatable bonds is 4. The molecule has 3 nitrogen and oxygen atoms in total. The predicted octanol–water partition coefficient (Wildman–Crippen LogP) is 2.98. The van der Waals surface area contributed by atoms with Crippen LogP contribution in [0.15, 0.2) is 48.5 Å². The zero-order valence-corrected chi connectivity index (χ0v) is 11.6. The molecule has 0 spiro atoms. The Morgan fingerprint density at radius 2 is 1.85 bits per heavy atom. The monoisotopic (exact) mass is 269 g/mol. The highest BCUT2D eigenvalue weighted by molar-refractivity contribution is 5.48. The molecule has 0 unspecified atom stereocenters. The van der Waals surface area contributed by atoms with Gasteiger partial charge in [0.2, 0.25) is 0 Å². The number of ether oxygens (including phenoxy) is 2. The van der Waals surface area contributed by atoms with E-state index in [1.54, 1.807) is 0 Å². The smallest absolute Gasteiger partial charge is 0.119 e. The summed E-state index contributed by atoms with van der Waals surface area (Å²) >= 11 is 0. The quantitative estimate of drug-likeness (QED) is 0.868. The van der Waals surface area contributed by atoms with E-state index in [9.17, 15) is 0 Å². The van der Waals surface area contributed by atoms with Gasteiger partial charge in [-0.3, -0.25) is 0 Å². The molecular weight excluding hydrogens is 250 g/mol. The highest BCUT2D eigenvalue weighted by Crippen LogP contribution is 2.40. The molecule has 0 radical (unpaired) electrons. The second-order valence-electron chi connectivity index (χ2n) is 5.16. The molecule has 2 N–H and O–H groups in total. The van der Waals surface area contributed by atoms with Crippen LogP contribution in [0, 0.1) is 0 Å². The van der Waals surface area contributed by atoms with E-state index < -0.39 is 0 Å². The van der Waals surface area contributed by atoms with Crippen LogP contribution >= 0.6 is 0 Å². The molecular formula is C17H19NO2. The highest BCUT2D eigenvalue weighted by Gasteiger charge is 2.42.